The summed E-state index contributed by atoms with van der Waals surface area (Å²) in [6.45, 7) is 2.02. The molecule has 1 unspecified atom stereocenters. The Kier molecular flexibility index (Phi) is 6.10. The van der Waals surface area contributed by atoms with E-state index in [1.807, 2.05) is 0 Å². The second kappa shape index (κ2) is 6.74. The Labute approximate surface area is 131 Å². The van der Waals surface area contributed by atoms with Gasteiger partial charge in [0.05, 0.1) is 16.7 Å². The topological polar surface area (TPSA) is 46.6 Å². The van der Waals surface area contributed by atoms with Crippen molar-refractivity contribution in [2.45, 2.75) is 17.9 Å². The van der Waals surface area contributed by atoms with Gasteiger partial charge in [0.15, 0.2) is 0 Å². The molecular formula is C11H14BrCl2NO3S. The molecule has 0 aliphatic rings. The normalized spacial score (nSPS) is 13.8. The van der Waals surface area contributed by atoms with Crippen LogP contribution in [0.2, 0.25) is 10.0 Å². The minimum Gasteiger partial charge on any atom is -0.383 e. The molecule has 0 aromatic heterocycles. The van der Waals surface area contributed by atoms with Gasteiger partial charge in [0, 0.05) is 24.7 Å². The summed E-state index contributed by atoms with van der Waals surface area (Å²) in [5.74, 6) is 0. The third kappa shape index (κ3) is 3.83. The zero-order valence-corrected chi connectivity index (χ0v) is 14.6. The maximum Gasteiger partial charge on any atom is 0.246 e. The van der Waals surface area contributed by atoms with Gasteiger partial charge in [0.2, 0.25) is 10.0 Å². The lowest BCUT2D eigenvalue weighted by Crippen LogP contribution is -2.38. The van der Waals surface area contributed by atoms with E-state index < -0.39 is 10.0 Å². The monoisotopic (exact) mass is 389 g/mol. The van der Waals surface area contributed by atoms with Gasteiger partial charge in [-0.3, -0.25) is 0 Å². The van der Waals surface area contributed by atoms with E-state index in [0.717, 1.165) is 0 Å². The highest BCUT2D eigenvalue weighted by Gasteiger charge is 2.30. The van der Waals surface area contributed by atoms with E-state index in [1.165, 1.54) is 30.6 Å². The first-order valence-electron chi connectivity index (χ1n) is 5.33. The molecule has 0 fully saturated rings. The van der Waals surface area contributed by atoms with Crippen molar-refractivity contribution >= 4 is 49.2 Å². The van der Waals surface area contributed by atoms with Crippen molar-refractivity contribution in [3.63, 3.8) is 0 Å². The highest BCUT2D eigenvalue weighted by Crippen LogP contribution is 2.34. The number of halogens is 3. The van der Waals surface area contributed by atoms with Crippen LogP contribution in [0.5, 0.6) is 0 Å². The fourth-order valence-corrected chi connectivity index (χ4v) is 4.73. The number of hydrogen-bond donors (Lipinski definition) is 0. The predicted octanol–water partition coefficient (Wildman–Crippen LogP) is 3.41. The number of sulfonamides is 1. The number of ether oxygens (including phenoxy) is 1. The first-order valence-corrected chi connectivity index (χ1v) is 8.32. The van der Waals surface area contributed by atoms with Crippen LogP contribution in [-0.2, 0) is 14.8 Å². The predicted molar refractivity (Wildman–Crippen MR) is 80.4 cm³/mol. The molecule has 0 radical (unpaired) electrons. The summed E-state index contributed by atoms with van der Waals surface area (Å²) >= 11 is 15.2. The lowest BCUT2D eigenvalue weighted by atomic mass is 10.4. The van der Waals surface area contributed by atoms with Crippen LogP contribution in [0.25, 0.3) is 0 Å². The molecule has 1 aromatic rings. The number of hydrogen-bond acceptors (Lipinski definition) is 3. The SMILES string of the molecule is COCC(C)N(C)S(=O)(=O)c1c(Cl)cc(Br)cc1Cl. The molecule has 0 aliphatic heterocycles. The number of benzene rings is 1. The van der Waals surface area contributed by atoms with Crippen LogP contribution < -0.4 is 0 Å². The molecule has 19 heavy (non-hydrogen) atoms. The van der Waals surface area contributed by atoms with Crippen LogP contribution in [0.15, 0.2) is 21.5 Å². The summed E-state index contributed by atoms with van der Waals surface area (Å²) in [6, 6.07) is 2.66. The summed E-state index contributed by atoms with van der Waals surface area (Å²) in [7, 11) is -0.793. The lowest BCUT2D eigenvalue weighted by molar-refractivity contribution is 0.149. The molecule has 0 heterocycles. The van der Waals surface area contributed by atoms with Crippen molar-refractivity contribution in [1.82, 2.24) is 4.31 Å². The number of likely N-dealkylation sites (N-methyl/N-ethyl adjacent to an activating group) is 1. The van der Waals surface area contributed by atoms with Crippen LogP contribution in [0.3, 0.4) is 0 Å². The summed E-state index contributed by atoms with van der Waals surface area (Å²) in [6.07, 6.45) is 0. The molecule has 0 spiro atoms. The second-order valence-corrected chi connectivity index (χ2v) is 7.69. The van der Waals surface area contributed by atoms with Gasteiger partial charge < -0.3 is 4.74 Å². The highest BCUT2D eigenvalue weighted by molar-refractivity contribution is 9.10. The zero-order chi connectivity index (χ0) is 14.8. The van der Waals surface area contributed by atoms with Crippen molar-refractivity contribution in [1.29, 1.82) is 0 Å². The van der Waals surface area contributed by atoms with Crippen LogP contribution in [0.1, 0.15) is 6.92 Å². The van der Waals surface area contributed by atoms with Crippen molar-refractivity contribution < 1.29 is 13.2 Å². The molecule has 0 N–H and O–H groups in total. The Morgan fingerprint density at radius 1 is 1.37 bits per heavy atom. The van der Waals surface area contributed by atoms with Gasteiger partial charge in [-0.25, -0.2) is 8.42 Å². The number of methoxy groups -OCH3 is 1. The number of nitrogens with zero attached hydrogens (tertiary/aromatic N) is 1. The highest BCUT2D eigenvalue weighted by atomic mass is 79.9. The zero-order valence-electron chi connectivity index (χ0n) is 10.7. The van der Waals surface area contributed by atoms with Gasteiger partial charge in [0.1, 0.15) is 4.90 Å². The Bertz CT molecular complexity index is 542. The molecule has 0 saturated heterocycles. The molecule has 1 rings (SSSR count). The third-order valence-electron chi connectivity index (χ3n) is 2.63. The smallest absolute Gasteiger partial charge is 0.246 e. The fourth-order valence-electron chi connectivity index (χ4n) is 1.50. The average Bonchev–Trinajstić information content (AvgIpc) is 2.26. The molecule has 0 bridgehead atoms. The first-order chi connectivity index (χ1) is 8.71. The second-order valence-electron chi connectivity index (χ2n) is 4.02. The van der Waals surface area contributed by atoms with E-state index in [-0.39, 0.29) is 27.6 Å². The van der Waals surface area contributed by atoms with E-state index in [9.17, 15) is 8.42 Å². The fraction of sp³-hybridized carbons (Fsp3) is 0.455. The molecule has 1 atom stereocenters. The minimum atomic E-state index is -3.77. The molecular weight excluding hydrogens is 377 g/mol. The van der Waals surface area contributed by atoms with Gasteiger partial charge in [-0.2, -0.15) is 4.31 Å². The van der Waals surface area contributed by atoms with Gasteiger partial charge >= 0.3 is 0 Å². The van der Waals surface area contributed by atoms with E-state index >= 15 is 0 Å². The van der Waals surface area contributed by atoms with Crippen molar-refractivity contribution in [3.8, 4) is 0 Å². The van der Waals surface area contributed by atoms with Crippen LogP contribution in [0.4, 0.5) is 0 Å². The molecule has 4 nitrogen and oxygen atoms in total. The Morgan fingerprint density at radius 2 is 1.84 bits per heavy atom. The summed E-state index contributed by atoms with van der Waals surface area (Å²) < 4.78 is 31.7. The van der Waals surface area contributed by atoms with E-state index in [1.54, 1.807) is 6.92 Å². The van der Waals surface area contributed by atoms with E-state index in [2.05, 4.69) is 15.9 Å². The summed E-state index contributed by atoms with van der Waals surface area (Å²) in [5.41, 5.74) is 0. The van der Waals surface area contributed by atoms with Crippen LogP contribution in [0, 0.1) is 0 Å². The Balaban J connectivity index is 3.28. The maximum atomic E-state index is 12.5. The standard InChI is InChI=1S/C11H14BrCl2NO3S/c1-7(6-18-3)15(2)19(16,17)11-9(13)4-8(12)5-10(11)14/h4-5,7H,6H2,1-3H3. The molecule has 0 aliphatic carbocycles. The lowest BCUT2D eigenvalue weighted by Gasteiger charge is -2.24. The van der Waals surface area contributed by atoms with Crippen molar-refractivity contribution in [3.05, 3.63) is 26.7 Å². The average molecular weight is 391 g/mol. The van der Waals surface area contributed by atoms with Gasteiger partial charge in [-0.1, -0.05) is 39.1 Å². The molecule has 0 saturated carbocycles. The van der Waals surface area contributed by atoms with Crippen LogP contribution in [-0.4, -0.2) is 39.5 Å². The van der Waals surface area contributed by atoms with Gasteiger partial charge in [-0.15, -0.1) is 0 Å². The quantitative estimate of drug-likeness (QED) is 0.773. The van der Waals surface area contributed by atoms with Gasteiger partial charge in [0.25, 0.3) is 0 Å². The van der Waals surface area contributed by atoms with E-state index in [0.29, 0.717) is 4.47 Å². The largest absolute Gasteiger partial charge is 0.383 e. The van der Waals surface area contributed by atoms with Crippen LogP contribution >= 0.6 is 39.1 Å². The molecule has 108 valence electrons. The molecule has 0 amide bonds. The molecule has 8 heteroatoms. The Hall–Kier alpha value is 0.150. The van der Waals surface area contributed by atoms with Gasteiger partial charge in [-0.05, 0) is 19.1 Å². The van der Waals surface area contributed by atoms with Crippen molar-refractivity contribution in [2.24, 2.45) is 0 Å². The Morgan fingerprint density at radius 3 is 2.26 bits per heavy atom. The minimum absolute atomic E-state index is 0.0795. The van der Waals surface area contributed by atoms with E-state index in [4.69, 9.17) is 27.9 Å². The third-order valence-corrected chi connectivity index (χ3v) is 5.98. The summed E-state index contributed by atoms with van der Waals surface area (Å²) in [5, 5.41) is 0.159. The first kappa shape index (κ1) is 17.2. The summed E-state index contributed by atoms with van der Waals surface area (Å²) in [4.78, 5) is -0.0931. The number of rotatable bonds is 5. The van der Waals surface area contributed by atoms with Crippen molar-refractivity contribution in [2.75, 3.05) is 20.8 Å². The maximum absolute atomic E-state index is 12.5. The molecule has 1 aromatic carbocycles.